The van der Waals surface area contributed by atoms with Crippen LogP contribution in [0.5, 0.6) is 0 Å². The van der Waals surface area contributed by atoms with Crippen molar-refractivity contribution in [3.63, 3.8) is 0 Å². The fraction of sp³-hybridized carbons (Fsp3) is 0.938. The molecule has 2 heterocycles. The van der Waals surface area contributed by atoms with Crippen molar-refractivity contribution in [2.75, 3.05) is 67.6 Å². The van der Waals surface area contributed by atoms with E-state index in [9.17, 15) is 4.79 Å². The molecular weight excluding hydrogens is 282 g/mol. The largest absolute Gasteiger partial charge is 0.379 e. The van der Waals surface area contributed by atoms with E-state index < -0.39 is 0 Å². The summed E-state index contributed by atoms with van der Waals surface area (Å²) in [6.45, 7) is 4.69. The molecule has 0 saturated carbocycles. The lowest BCUT2D eigenvalue weighted by Crippen LogP contribution is -2.59. The van der Waals surface area contributed by atoms with Crippen LogP contribution in [0.4, 0.5) is 4.79 Å². The normalized spacial score (nSPS) is 28.6. The van der Waals surface area contributed by atoms with Gasteiger partial charge in [0.15, 0.2) is 0 Å². The highest BCUT2D eigenvalue weighted by molar-refractivity contribution is 5.74. The molecule has 2 amide bonds. The smallest absolute Gasteiger partial charge is 0.319 e. The summed E-state index contributed by atoms with van der Waals surface area (Å²) in [6, 6.07) is 0.0942. The van der Waals surface area contributed by atoms with Crippen molar-refractivity contribution in [1.29, 1.82) is 0 Å². The van der Waals surface area contributed by atoms with Crippen LogP contribution in [-0.2, 0) is 9.47 Å². The van der Waals surface area contributed by atoms with E-state index in [0.29, 0.717) is 6.61 Å². The van der Waals surface area contributed by atoms with Crippen LogP contribution in [0.25, 0.3) is 0 Å². The molecule has 2 unspecified atom stereocenters. The number of likely N-dealkylation sites (tertiary alicyclic amines) is 1. The predicted octanol–water partition coefficient (Wildman–Crippen LogP) is 1.12. The van der Waals surface area contributed by atoms with Crippen LogP contribution in [0, 0.1) is 5.41 Å². The van der Waals surface area contributed by atoms with Crippen molar-refractivity contribution < 1.29 is 14.3 Å². The van der Waals surface area contributed by atoms with Crippen LogP contribution in [-0.4, -0.2) is 94.5 Å². The molecule has 2 aliphatic rings. The van der Waals surface area contributed by atoms with Gasteiger partial charge in [0.05, 0.1) is 19.3 Å². The third-order valence-electron chi connectivity index (χ3n) is 4.71. The number of hydrogen-bond acceptors (Lipinski definition) is 4. The van der Waals surface area contributed by atoms with Gasteiger partial charge in [0.25, 0.3) is 0 Å². The third kappa shape index (κ3) is 4.12. The summed E-state index contributed by atoms with van der Waals surface area (Å²) in [4.78, 5) is 18.0. The van der Waals surface area contributed by atoms with Crippen LogP contribution in [0.2, 0.25) is 0 Å². The van der Waals surface area contributed by atoms with E-state index in [1.165, 1.54) is 0 Å². The summed E-state index contributed by atoms with van der Waals surface area (Å²) in [5.41, 5.74) is -0.0333. The first kappa shape index (κ1) is 17.5. The van der Waals surface area contributed by atoms with Crippen molar-refractivity contribution in [1.82, 2.24) is 14.7 Å². The monoisotopic (exact) mass is 313 g/mol. The van der Waals surface area contributed by atoms with Crippen LogP contribution >= 0.6 is 0 Å². The Kier molecular flexibility index (Phi) is 6.06. The minimum atomic E-state index is -0.0333. The molecule has 128 valence electrons. The Morgan fingerprint density at radius 3 is 2.82 bits per heavy atom. The van der Waals surface area contributed by atoms with E-state index in [-0.39, 0.29) is 17.6 Å². The number of fused-ring (bicyclic) bond motifs is 1. The second kappa shape index (κ2) is 7.62. The van der Waals surface area contributed by atoms with Gasteiger partial charge >= 0.3 is 6.03 Å². The number of carbonyl (C=O) groups excluding carboxylic acids is 1. The summed E-state index contributed by atoms with van der Waals surface area (Å²) in [5, 5.41) is 0. The Morgan fingerprint density at radius 2 is 2.14 bits per heavy atom. The first-order valence-electron chi connectivity index (χ1n) is 8.25. The zero-order valence-corrected chi connectivity index (χ0v) is 14.5. The number of rotatable bonds is 5. The Labute approximate surface area is 134 Å². The highest BCUT2D eigenvalue weighted by atomic mass is 16.5. The molecule has 0 bridgehead atoms. The van der Waals surface area contributed by atoms with Gasteiger partial charge in [-0.2, -0.15) is 0 Å². The molecule has 2 aliphatic heterocycles. The van der Waals surface area contributed by atoms with Crippen LogP contribution in [0.15, 0.2) is 0 Å². The fourth-order valence-electron chi connectivity index (χ4n) is 3.47. The zero-order chi connectivity index (χ0) is 16.2. The van der Waals surface area contributed by atoms with Gasteiger partial charge in [-0.25, -0.2) is 4.79 Å². The minimum Gasteiger partial charge on any atom is -0.379 e. The molecule has 0 spiro atoms. The van der Waals surface area contributed by atoms with Gasteiger partial charge < -0.3 is 24.2 Å². The van der Waals surface area contributed by atoms with Gasteiger partial charge in [0.1, 0.15) is 0 Å². The molecule has 2 atom stereocenters. The van der Waals surface area contributed by atoms with Crippen molar-refractivity contribution in [2.45, 2.75) is 25.4 Å². The molecule has 2 saturated heterocycles. The van der Waals surface area contributed by atoms with Gasteiger partial charge in [-0.15, -0.1) is 0 Å². The number of urea groups is 1. The second-order valence-corrected chi connectivity index (χ2v) is 7.07. The van der Waals surface area contributed by atoms with Crippen molar-refractivity contribution >= 4 is 6.03 Å². The zero-order valence-electron chi connectivity index (χ0n) is 14.5. The number of amides is 2. The van der Waals surface area contributed by atoms with Gasteiger partial charge in [-0.3, -0.25) is 0 Å². The number of hydrogen-bond donors (Lipinski definition) is 0. The van der Waals surface area contributed by atoms with E-state index in [0.717, 1.165) is 52.1 Å². The average Bonchev–Trinajstić information content (AvgIpc) is 2.50. The molecular formula is C16H31N3O3. The SMILES string of the molecule is CN(C)CCOCC12CCCOC1CCN(C(=O)N(C)C)C2. The Balaban J connectivity index is 1.99. The fourth-order valence-corrected chi connectivity index (χ4v) is 3.47. The molecule has 0 aromatic heterocycles. The van der Waals surface area contributed by atoms with Gasteiger partial charge in [0.2, 0.25) is 0 Å². The second-order valence-electron chi connectivity index (χ2n) is 7.07. The summed E-state index contributed by atoms with van der Waals surface area (Å²) >= 11 is 0. The minimum absolute atomic E-state index is 0.0333. The third-order valence-corrected chi connectivity index (χ3v) is 4.71. The molecule has 2 fully saturated rings. The molecule has 2 rings (SSSR count). The van der Waals surface area contributed by atoms with E-state index >= 15 is 0 Å². The number of ether oxygens (including phenoxy) is 2. The number of nitrogens with zero attached hydrogens (tertiary/aromatic N) is 3. The Hall–Kier alpha value is -0.850. The molecule has 22 heavy (non-hydrogen) atoms. The highest BCUT2D eigenvalue weighted by Gasteiger charge is 2.47. The predicted molar refractivity (Wildman–Crippen MR) is 86.1 cm³/mol. The summed E-state index contributed by atoms with van der Waals surface area (Å²) in [7, 11) is 7.72. The summed E-state index contributed by atoms with van der Waals surface area (Å²) < 4.78 is 12.0. The Morgan fingerprint density at radius 1 is 1.36 bits per heavy atom. The van der Waals surface area contributed by atoms with E-state index in [1.807, 2.05) is 33.1 Å². The molecule has 0 N–H and O–H groups in total. The van der Waals surface area contributed by atoms with Crippen LogP contribution in [0.1, 0.15) is 19.3 Å². The quantitative estimate of drug-likeness (QED) is 0.714. The van der Waals surface area contributed by atoms with Crippen molar-refractivity contribution in [2.24, 2.45) is 5.41 Å². The van der Waals surface area contributed by atoms with Crippen molar-refractivity contribution in [3.8, 4) is 0 Å². The lowest BCUT2D eigenvalue weighted by molar-refractivity contribution is -0.147. The maximum atomic E-state index is 12.3. The summed E-state index contributed by atoms with van der Waals surface area (Å²) in [6.07, 6.45) is 3.28. The maximum absolute atomic E-state index is 12.3. The number of piperidine rings is 1. The summed E-state index contributed by atoms with van der Waals surface area (Å²) in [5.74, 6) is 0. The molecule has 0 aromatic carbocycles. The lowest BCUT2D eigenvalue weighted by atomic mass is 9.73. The first-order valence-corrected chi connectivity index (χ1v) is 8.25. The molecule has 6 nitrogen and oxygen atoms in total. The van der Waals surface area contributed by atoms with Gasteiger partial charge in [-0.1, -0.05) is 0 Å². The van der Waals surface area contributed by atoms with E-state index in [1.54, 1.807) is 4.90 Å². The Bertz CT molecular complexity index is 376. The van der Waals surface area contributed by atoms with Gasteiger partial charge in [0, 0.05) is 45.8 Å². The van der Waals surface area contributed by atoms with Gasteiger partial charge in [-0.05, 0) is 33.4 Å². The van der Waals surface area contributed by atoms with Crippen molar-refractivity contribution in [3.05, 3.63) is 0 Å². The van der Waals surface area contributed by atoms with E-state index in [2.05, 4.69) is 4.90 Å². The lowest BCUT2D eigenvalue weighted by Gasteiger charge is -2.50. The number of likely N-dealkylation sites (N-methyl/N-ethyl adjacent to an activating group) is 1. The standard InChI is InChI=1S/C16H31N3O3/c1-17(2)9-11-21-13-16-7-5-10-22-14(16)6-8-19(12-16)15(20)18(3)4/h14H,5-13H2,1-4H3. The molecule has 0 aliphatic carbocycles. The first-order chi connectivity index (χ1) is 10.4. The average molecular weight is 313 g/mol. The topological polar surface area (TPSA) is 45.3 Å². The molecule has 0 radical (unpaired) electrons. The molecule has 6 heteroatoms. The number of carbonyl (C=O) groups is 1. The maximum Gasteiger partial charge on any atom is 0.319 e. The van der Waals surface area contributed by atoms with E-state index in [4.69, 9.17) is 9.47 Å². The van der Waals surface area contributed by atoms with Crippen LogP contribution in [0.3, 0.4) is 0 Å². The molecule has 0 aromatic rings. The highest BCUT2D eigenvalue weighted by Crippen LogP contribution is 2.40. The van der Waals surface area contributed by atoms with Crippen LogP contribution < -0.4 is 0 Å².